The van der Waals surface area contributed by atoms with Crippen LogP contribution in [0.1, 0.15) is 11.1 Å². The van der Waals surface area contributed by atoms with Crippen LogP contribution in [0.15, 0.2) is 42.5 Å². The first-order valence-electron chi connectivity index (χ1n) is 6.90. The summed E-state index contributed by atoms with van der Waals surface area (Å²) in [4.78, 5) is 2.04. The number of hydrogen-bond donors (Lipinski definition) is 1. The van der Waals surface area contributed by atoms with Crippen LogP contribution >= 0.6 is 11.6 Å². The van der Waals surface area contributed by atoms with Gasteiger partial charge in [-0.25, -0.2) is 0 Å². The van der Waals surface area contributed by atoms with E-state index in [1.807, 2.05) is 43.3 Å². The van der Waals surface area contributed by atoms with Gasteiger partial charge in [0.2, 0.25) is 0 Å². The van der Waals surface area contributed by atoms with Gasteiger partial charge in [-0.2, -0.15) is 0 Å². The van der Waals surface area contributed by atoms with E-state index in [9.17, 15) is 0 Å². The maximum Gasteiger partial charge on any atom is 0.142 e. The van der Waals surface area contributed by atoms with Gasteiger partial charge in [0.1, 0.15) is 5.75 Å². The Morgan fingerprint density at radius 2 is 1.86 bits per heavy atom. The summed E-state index contributed by atoms with van der Waals surface area (Å²) in [5.41, 5.74) is 3.37. The summed E-state index contributed by atoms with van der Waals surface area (Å²) in [6.45, 7) is 1.52. The second kappa shape index (κ2) is 7.34. The number of anilines is 1. The summed E-state index contributed by atoms with van der Waals surface area (Å²) in [6.07, 6.45) is 0. The topological polar surface area (TPSA) is 24.5 Å². The van der Waals surface area contributed by atoms with Crippen LogP contribution in [0, 0.1) is 0 Å². The number of benzene rings is 2. The van der Waals surface area contributed by atoms with Crippen molar-refractivity contribution in [3.8, 4) is 5.75 Å². The number of halogens is 1. The highest BCUT2D eigenvalue weighted by Crippen LogP contribution is 2.27. The zero-order valence-corrected chi connectivity index (χ0v) is 13.4. The Labute approximate surface area is 131 Å². The van der Waals surface area contributed by atoms with Crippen molar-refractivity contribution in [1.82, 2.24) is 5.32 Å². The summed E-state index contributed by atoms with van der Waals surface area (Å²) >= 11 is 6.14. The minimum Gasteiger partial charge on any atom is -0.495 e. The van der Waals surface area contributed by atoms with E-state index in [4.69, 9.17) is 16.3 Å². The minimum absolute atomic E-state index is 0.747. The maximum atomic E-state index is 6.14. The molecule has 3 nitrogen and oxygen atoms in total. The fourth-order valence-corrected chi connectivity index (χ4v) is 2.39. The third-order valence-electron chi connectivity index (χ3n) is 3.33. The smallest absolute Gasteiger partial charge is 0.142 e. The molecule has 2 rings (SSSR count). The van der Waals surface area contributed by atoms with Crippen molar-refractivity contribution < 1.29 is 4.74 Å². The number of methoxy groups -OCH3 is 1. The number of nitrogens with zero attached hydrogens (tertiary/aromatic N) is 1. The second-order valence-electron chi connectivity index (χ2n) is 5.10. The van der Waals surface area contributed by atoms with Gasteiger partial charge in [-0.15, -0.1) is 0 Å². The molecule has 21 heavy (non-hydrogen) atoms. The van der Waals surface area contributed by atoms with Crippen LogP contribution in [0.3, 0.4) is 0 Å². The first-order chi connectivity index (χ1) is 10.1. The molecule has 0 unspecified atom stereocenters. The largest absolute Gasteiger partial charge is 0.495 e. The Kier molecular flexibility index (Phi) is 5.48. The molecule has 0 saturated heterocycles. The Balaban J connectivity index is 1.99. The predicted octanol–water partition coefficient (Wildman–Crippen LogP) is 3.70. The molecule has 4 heteroatoms. The first kappa shape index (κ1) is 15.7. The predicted molar refractivity (Wildman–Crippen MR) is 89.3 cm³/mol. The zero-order valence-electron chi connectivity index (χ0n) is 12.7. The van der Waals surface area contributed by atoms with E-state index in [1.54, 1.807) is 7.11 Å². The lowest BCUT2D eigenvalue weighted by Crippen LogP contribution is -2.14. The third-order valence-corrected chi connectivity index (χ3v) is 3.70. The standard InChI is InChI=1S/C17H21ClN2O/c1-20(2)16-9-8-13(10-17(16)21-3)11-19-12-14-6-4-5-7-15(14)18/h4-10,19H,11-12H2,1-3H3. The molecule has 2 aromatic rings. The Morgan fingerprint density at radius 3 is 2.52 bits per heavy atom. The molecule has 2 aromatic carbocycles. The number of ether oxygens (including phenoxy) is 1. The van der Waals surface area contributed by atoms with Gasteiger partial charge in [0.15, 0.2) is 0 Å². The van der Waals surface area contributed by atoms with E-state index in [-0.39, 0.29) is 0 Å². The minimum atomic E-state index is 0.747. The molecule has 0 spiro atoms. The fraction of sp³-hybridized carbons (Fsp3) is 0.294. The maximum absolute atomic E-state index is 6.14. The molecule has 0 saturated carbocycles. The van der Waals surface area contributed by atoms with Crippen LogP contribution in [-0.4, -0.2) is 21.2 Å². The van der Waals surface area contributed by atoms with Crippen LogP contribution in [-0.2, 0) is 13.1 Å². The highest BCUT2D eigenvalue weighted by molar-refractivity contribution is 6.31. The average Bonchev–Trinajstić information content (AvgIpc) is 2.48. The highest BCUT2D eigenvalue weighted by atomic mass is 35.5. The molecule has 112 valence electrons. The first-order valence-corrected chi connectivity index (χ1v) is 7.28. The third kappa shape index (κ3) is 4.13. The lowest BCUT2D eigenvalue weighted by molar-refractivity contribution is 0.414. The van der Waals surface area contributed by atoms with Gasteiger partial charge < -0.3 is 15.0 Å². The zero-order chi connectivity index (χ0) is 15.2. The molecule has 0 radical (unpaired) electrons. The van der Waals surface area contributed by atoms with Crippen LogP contribution < -0.4 is 15.0 Å². The summed E-state index contributed by atoms with van der Waals surface area (Å²) < 4.78 is 5.44. The quantitative estimate of drug-likeness (QED) is 0.880. The Bertz CT molecular complexity index is 599. The number of rotatable bonds is 6. The van der Waals surface area contributed by atoms with E-state index in [1.165, 1.54) is 5.56 Å². The van der Waals surface area contributed by atoms with Crippen molar-refractivity contribution >= 4 is 17.3 Å². The van der Waals surface area contributed by atoms with Crippen molar-refractivity contribution in [1.29, 1.82) is 0 Å². The van der Waals surface area contributed by atoms with Gasteiger partial charge in [-0.05, 0) is 29.3 Å². The molecule has 0 aliphatic heterocycles. The molecule has 0 amide bonds. The van der Waals surface area contributed by atoms with Crippen LogP contribution in [0.4, 0.5) is 5.69 Å². The second-order valence-corrected chi connectivity index (χ2v) is 5.50. The van der Waals surface area contributed by atoms with Gasteiger partial charge in [0.25, 0.3) is 0 Å². The molecule has 0 fully saturated rings. The van der Waals surface area contributed by atoms with E-state index < -0.39 is 0 Å². The lowest BCUT2D eigenvalue weighted by atomic mass is 10.1. The van der Waals surface area contributed by atoms with Crippen molar-refractivity contribution in [2.75, 3.05) is 26.1 Å². The van der Waals surface area contributed by atoms with Gasteiger partial charge in [0.05, 0.1) is 12.8 Å². The summed E-state index contributed by atoms with van der Waals surface area (Å²) in [5, 5.41) is 4.20. The highest BCUT2D eigenvalue weighted by Gasteiger charge is 2.06. The Morgan fingerprint density at radius 1 is 1.10 bits per heavy atom. The van der Waals surface area contributed by atoms with E-state index in [0.717, 1.165) is 35.1 Å². The van der Waals surface area contributed by atoms with Crippen LogP contribution in [0.2, 0.25) is 5.02 Å². The van der Waals surface area contributed by atoms with Crippen LogP contribution in [0.25, 0.3) is 0 Å². The molecular formula is C17H21ClN2O. The molecule has 0 heterocycles. The van der Waals surface area contributed by atoms with E-state index >= 15 is 0 Å². The molecule has 1 N–H and O–H groups in total. The molecule has 0 aliphatic rings. The van der Waals surface area contributed by atoms with Crippen molar-refractivity contribution in [2.45, 2.75) is 13.1 Å². The Hall–Kier alpha value is -1.71. The number of nitrogens with one attached hydrogen (secondary N) is 1. The summed E-state index contributed by atoms with van der Waals surface area (Å²) in [5.74, 6) is 0.886. The number of hydrogen-bond acceptors (Lipinski definition) is 3. The fourth-order valence-electron chi connectivity index (χ4n) is 2.18. The van der Waals surface area contributed by atoms with Crippen molar-refractivity contribution in [3.63, 3.8) is 0 Å². The van der Waals surface area contributed by atoms with Gasteiger partial charge >= 0.3 is 0 Å². The SMILES string of the molecule is COc1cc(CNCc2ccccc2Cl)ccc1N(C)C. The molecule has 0 atom stereocenters. The molecule has 0 aliphatic carbocycles. The van der Waals surface area contributed by atoms with Gasteiger partial charge in [-0.3, -0.25) is 0 Å². The molecule has 0 bridgehead atoms. The van der Waals surface area contributed by atoms with Crippen molar-refractivity contribution in [3.05, 3.63) is 58.6 Å². The van der Waals surface area contributed by atoms with Gasteiger partial charge in [-0.1, -0.05) is 35.9 Å². The summed E-state index contributed by atoms with van der Waals surface area (Å²) in [7, 11) is 5.71. The normalized spacial score (nSPS) is 10.5. The monoisotopic (exact) mass is 304 g/mol. The average molecular weight is 305 g/mol. The molecule has 0 aromatic heterocycles. The summed E-state index contributed by atoms with van der Waals surface area (Å²) in [6, 6.07) is 14.1. The van der Waals surface area contributed by atoms with Gasteiger partial charge in [0, 0.05) is 32.2 Å². The van der Waals surface area contributed by atoms with E-state index in [2.05, 4.69) is 23.5 Å². The van der Waals surface area contributed by atoms with Crippen molar-refractivity contribution in [2.24, 2.45) is 0 Å². The van der Waals surface area contributed by atoms with Crippen LogP contribution in [0.5, 0.6) is 5.75 Å². The van der Waals surface area contributed by atoms with E-state index in [0.29, 0.717) is 0 Å². The lowest BCUT2D eigenvalue weighted by Gasteiger charge is -2.17. The molecular weight excluding hydrogens is 284 g/mol.